The molecular weight excluding hydrogens is 306 g/mol. The quantitative estimate of drug-likeness (QED) is 0.901. The van der Waals surface area contributed by atoms with E-state index in [4.69, 9.17) is 0 Å². The van der Waals surface area contributed by atoms with Gasteiger partial charge in [-0.15, -0.1) is 0 Å². The van der Waals surface area contributed by atoms with E-state index >= 15 is 0 Å². The Morgan fingerprint density at radius 2 is 2.08 bits per heavy atom. The van der Waals surface area contributed by atoms with Gasteiger partial charge in [0.2, 0.25) is 5.91 Å². The number of nitrogens with zero attached hydrogens (tertiary/aromatic N) is 3. The molecule has 0 radical (unpaired) electrons. The molecule has 1 unspecified atom stereocenters. The summed E-state index contributed by atoms with van der Waals surface area (Å²) in [6, 6.07) is 6.06. The van der Waals surface area contributed by atoms with Crippen molar-refractivity contribution in [2.24, 2.45) is 5.92 Å². The first-order valence-electron chi connectivity index (χ1n) is 8.57. The van der Waals surface area contributed by atoms with Gasteiger partial charge < -0.3 is 14.9 Å². The number of carboxylic acid groups (broad SMARTS) is 1. The van der Waals surface area contributed by atoms with Gasteiger partial charge in [0.05, 0.1) is 11.5 Å². The van der Waals surface area contributed by atoms with Crippen molar-refractivity contribution >= 4 is 11.9 Å². The molecule has 2 saturated heterocycles. The second-order valence-corrected chi connectivity index (χ2v) is 7.01. The maximum absolute atomic E-state index is 12.0. The Kier molecular flexibility index (Phi) is 4.58. The van der Waals surface area contributed by atoms with E-state index in [1.54, 1.807) is 11.9 Å². The molecule has 2 aliphatic heterocycles. The largest absolute Gasteiger partial charge is 0.481 e. The van der Waals surface area contributed by atoms with E-state index in [1.807, 2.05) is 25.1 Å². The van der Waals surface area contributed by atoms with Crippen molar-refractivity contribution in [3.05, 3.63) is 29.6 Å². The van der Waals surface area contributed by atoms with Gasteiger partial charge in [0.1, 0.15) is 0 Å². The zero-order chi connectivity index (χ0) is 17.3. The molecule has 130 valence electrons. The summed E-state index contributed by atoms with van der Waals surface area (Å²) >= 11 is 0. The van der Waals surface area contributed by atoms with Gasteiger partial charge >= 0.3 is 5.97 Å². The van der Waals surface area contributed by atoms with Crippen LogP contribution in [0.25, 0.3) is 0 Å². The minimum absolute atomic E-state index is 0.0418. The van der Waals surface area contributed by atoms with Crippen LogP contribution in [0.5, 0.6) is 0 Å². The van der Waals surface area contributed by atoms with Crippen LogP contribution in [-0.2, 0) is 16.0 Å². The Labute approximate surface area is 142 Å². The SMILES string of the molecule is Cc1cccc(CCN2CCC3(CC2)C(C(=O)O)CC(=O)N3C)n1. The summed E-state index contributed by atoms with van der Waals surface area (Å²) in [5, 5.41) is 9.51. The van der Waals surface area contributed by atoms with E-state index in [1.165, 1.54) is 0 Å². The van der Waals surface area contributed by atoms with Crippen LogP contribution < -0.4 is 0 Å². The van der Waals surface area contributed by atoms with Crippen molar-refractivity contribution in [3.63, 3.8) is 0 Å². The summed E-state index contributed by atoms with van der Waals surface area (Å²) in [6.07, 6.45) is 2.49. The van der Waals surface area contributed by atoms with Crippen LogP contribution in [0.4, 0.5) is 0 Å². The minimum atomic E-state index is -0.842. The molecule has 0 saturated carbocycles. The average molecular weight is 331 g/mol. The molecule has 0 aromatic carbocycles. The fourth-order valence-corrected chi connectivity index (χ4v) is 4.16. The van der Waals surface area contributed by atoms with E-state index in [0.717, 1.165) is 50.3 Å². The van der Waals surface area contributed by atoms with Gasteiger partial charge in [0, 0.05) is 50.9 Å². The van der Waals surface area contributed by atoms with Crippen molar-refractivity contribution in [1.82, 2.24) is 14.8 Å². The number of likely N-dealkylation sites (tertiary alicyclic amines) is 2. The summed E-state index contributed by atoms with van der Waals surface area (Å²) in [6.45, 7) is 4.56. The van der Waals surface area contributed by atoms with Gasteiger partial charge in [-0.3, -0.25) is 14.6 Å². The molecule has 6 heteroatoms. The standard InChI is InChI=1S/C18H25N3O3/c1-13-4-3-5-14(19-13)6-9-21-10-7-18(8-11-21)15(17(23)24)12-16(22)20(18)2/h3-5,15H,6-12H2,1-2H3,(H,23,24). The molecule has 24 heavy (non-hydrogen) atoms. The summed E-state index contributed by atoms with van der Waals surface area (Å²) < 4.78 is 0. The smallest absolute Gasteiger partial charge is 0.309 e. The van der Waals surface area contributed by atoms with Crippen LogP contribution in [0.3, 0.4) is 0 Å². The van der Waals surface area contributed by atoms with Gasteiger partial charge in [-0.05, 0) is 31.9 Å². The molecule has 3 rings (SSSR count). The first-order chi connectivity index (χ1) is 11.4. The zero-order valence-electron chi connectivity index (χ0n) is 14.4. The minimum Gasteiger partial charge on any atom is -0.481 e. The van der Waals surface area contributed by atoms with Gasteiger partial charge in [-0.1, -0.05) is 6.07 Å². The number of aryl methyl sites for hydroxylation is 1. The Hall–Kier alpha value is -1.95. The molecule has 0 bridgehead atoms. The Balaban J connectivity index is 1.60. The van der Waals surface area contributed by atoms with Crippen LogP contribution in [0.1, 0.15) is 30.7 Å². The monoisotopic (exact) mass is 331 g/mol. The average Bonchev–Trinajstić information content (AvgIpc) is 2.80. The number of amides is 1. The number of hydrogen-bond donors (Lipinski definition) is 1. The molecule has 3 heterocycles. The number of carbonyl (C=O) groups excluding carboxylic acids is 1. The molecule has 1 N–H and O–H groups in total. The first-order valence-corrected chi connectivity index (χ1v) is 8.57. The van der Waals surface area contributed by atoms with E-state index in [-0.39, 0.29) is 12.3 Å². The third kappa shape index (κ3) is 3.02. The highest BCUT2D eigenvalue weighted by Crippen LogP contribution is 2.42. The van der Waals surface area contributed by atoms with Crippen LogP contribution in [0, 0.1) is 12.8 Å². The second kappa shape index (κ2) is 6.51. The molecule has 1 amide bonds. The van der Waals surface area contributed by atoms with Crippen LogP contribution in [-0.4, -0.2) is 64.0 Å². The lowest BCUT2D eigenvalue weighted by atomic mass is 9.77. The Morgan fingerprint density at radius 1 is 1.38 bits per heavy atom. The van der Waals surface area contributed by atoms with Gasteiger partial charge in [0.25, 0.3) is 0 Å². The van der Waals surface area contributed by atoms with E-state index in [9.17, 15) is 14.7 Å². The fourth-order valence-electron chi connectivity index (χ4n) is 4.16. The van der Waals surface area contributed by atoms with Crippen LogP contribution in [0.15, 0.2) is 18.2 Å². The molecule has 0 aliphatic carbocycles. The predicted molar refractivity (Wildman–Crippen MR) is 89.6 cm³/mol. The third-order valence-corrected chi connectivity index (χ3v) is 5.72. The number of aliphatic carboxylic acids is 1. The number of carbonyl (C=O) groups is 2. The molecule has 1 atom stereocenters. The van der Waals surface area contributed by atoms with Crippen molar-refractivity contribution in [2.75, 3.05) is 26.7 Å². The molecule has 2 aliphatic rings. The van der Waals surface area contributed by atoms with Crippen molar-refractivity contribution in [1.29, 1.82) is 0 Å². The van der Waals surface area contributed by atoms with E-state index in [0.29, 0.717) is 0 Å². The molecular formula is C18H25N3O3. The van der Waals surface area contributed by atoms with Crippen molar-refractivity contribution in [2.45, 2.75) is 38.1 Å². The Morgan fingerprint density at radius 3 is 2.71 bits per heavy atom. The fraction of sp³-hybridized carbons (Fsp3) is 0.611. The summed E-state index contributed by atoms with van der Waals surface area (Å²) in [4.78, 5) is 32.2. The first kappa shape index (κ1) is 16.9. The van der Waals surface area contributed by atoms with Crippen molar-refractivity contribution < 1.29 is 14.7 Å². The highest BCUT2D eigenvalue weighted by Gasteiger charge is 2.55. The second-order valence-electron chi connectivity index (χ2n) is 7.01. The number of hydrogen-bond acceptors (Lipinski definition) is 4. The lowest BCUT2D eigenvalue weighted by Crippen LogP contribution is -2.56. The number of piperidine rings is 1. The van der Waals surface area contributed by atoms with E-state index < -0.39 is 17.4 Å². The Bertz CT molecular complexity index is 638. The molecule has 6 nitrogen and oxygen atoms in total. The lowest BCUT2D eigenvalue weighted by molar-refractivity contribution is -0.146. The molecule has 1 aromatic rings. The normalized spacial score (nSPS) is 23.8. The highest BCUT2D eigenvalue weighted by molar-refractivity contribution is 5.88. The summed E-state index contributed by atoms with van der Waals surface area (Å²) in [5.74, 6) is -1.46. The number of rotatable bonds is 4. The van der Waals surface area contributed by atoms with Crippen LogP contribution >= 0.6 is 0 Å². The van der Waals surface area contributed by atoms with Gasteiger partial charge in [-0.2, -0.15) is 0 Å². The van der Waals surface area contributed by atoms with Crippen LogP contribution in [0.2, 0.25) is 0 Å². The summed E-state index contributed by atoms with van der Waals surface area (Å²) in [5.41, 5.74) is 1.62. The lowest BCUT2D eigenvalue weighted by Gasteiger charge is -2.45. The molecule has 1 aromatic heterocycles. The number of aromatic nitrogens is 1. The molecule has 1 spiro atoms. The van der Waals surface area contributed by atoms with Gasteiger partial charge in [-0.25, -0.2) is 0 Å². The highest BCUT2D eigenvalue weighted by atomic mass is 16.4. The maximum Gasteiger partial charge on any atom is 0.309 e. The maximum atomic E-state index is 12.0. The number of pyridine rings is 1. The third-order valence-electron chi connectivity index (χ3n) is 5.72. The predicted octanol–water partition coefficient (Wildman–Crippen LogP) is 1.33. The summed E-state index contributed by atoms with van der Waals surface area (Å²) in [7, 11) is 1.76. The number of carboxylic acids is 1. The molecule has 2 fully saturated rings. The van der Waals surface area contributed by atoms with E-state index in [2.05, 4.69) is 9.88 Å². The zero-order valence-corrected chi connectivity index (χ0v) is 14.4. The topological polar surface area (TPSA) is 73.7 Å². The van der Waals surface area contributed by atoms with Gasteiger partial charge in [0.15, 0.2) is 0 Å². The van der Waals surface area contributed by atoms with Crippen molar-refractivity contribution in [3.8, 4) is 0 Å².